The average molecular weight is 575 g/mol. The van der Waals surface area contributed by atoms with E-state index in [1.165, 1.54) is 50.5 Å². The largest absolute Gasteiger partial charge is 0.493 e. The van der Waals surface area contributed by atoms with Crippen LogP contribution in [0.25, 0.3) is 6.08 Å². The monoisotopic (exact) mass is 574 g/mol. The predicted octanol–water partition coefficient (Wildman–Crippen LogP) is 3.68. The molecule has 0 atom stereocenters. The van der Waals surface area contributed by atoms with Crippen molar-refractivity contribution in [2.45, 2.75) is 10.8 Å². The van der Waals surface area contributed by atoms with Crippen LogP contribution in [0.3, 0.4) is 0 Å². The molecule has 13 heteroatoms. The van der Waals surface area contributed by atoms with E-state index in [1.54, 1.807) is 32.4 Å². The number of carbonyl (C=O) groups is 2. The van der Waals surface area contributed by atoms with Crippen LogP contribution in [0.1, 0.15) is 11.1 Å². The van der Waals surface area contributed by atoms with Crippen LogP contribution in [-0.4, -0.2) is 69.9 Å². The van der Waals surface area contributed by atoms with E-state index in [1.807, 2.05) is 18.2 Å². The first kappa shape index (κ1) is 29.6. The van der Waals surface area contributed by atoms with Crippen molar-refractivity contribution in [2.24, 2.45) is 0 Å². The van der Waals surface area contributed by atoms with Gasteiger partial charge in [-0.05, 0) is 47.9 Å². The molecule has 2 amide bonds. The highest BCUT2D eigenvalue weighted by atomic mass is 32.2. The van der Waals surface area contributed by atoms with Gasteiger partial charge in [-0.3, -0.25) is 14.9 Å². The van der Waals surface area contributed by atoms with Crippen molar-refractivity contribution < 1.29 is 33.3 Å². The standard InChI is InChI=1S/C26H30N4O7S2/c1-33-18-8-6-16(12-19(18)34-2)10-11-27-23(32)15-38-26-30-29-25(39-26)28-22(31)9-7-17-13-20(35-3)24(37-5)21(14-17)36-4/h6-9,12-14H,10-11,15H2,1-5H3,(H,27,32)(H,28,29,31)/b9-7+. The lowest BCUT2D eigenvalue weighted by atomic mass is 10.1. The summed E-state index contributed by atoms with van der Waals surface area (Å²) in [5, 5.41) is 13.9. The van der Waals surface area contributed by atoms with E-state index in [9.17, 15) is 9.59 Å². The first-order valence-electron chi connectivity index (χ1n) is 11.6. The minimum Gasteiger partial charge on any atom is -0.493 e. The molecule has 208 valence electrons. The Morgan fingerprint density at radius 1 is 0.897 bits per heavy atom. The van der Waals surface area contributed by atoms with E-state index in [4.69, 9.17) is 23.7 Å². The van der Waals surface area contributed by atoms with Gasteiger partial charge < -0.3 is 29.0 Å². The number of benzene rings is 2. The van der Waals surface area contributed by atoms with Crippen molar-refractivity contribution >= 4 is 46.1 Å². The van der Waals surface area contributed by atoms with Crippen molar-refractivity contribution in [1.29, 1.82) is 0 Å². The van der Waals surface area contributed by atoms with Crippen molar-refractivity contribution in [2.75, 3.05) is 53.2 Å². The Morgan fingerprint density at radius 3 is 2.23 bits per heavy atom. The normalized spacial score (nSPS) is 10.7. The molecule has 0 aliphatic carbocycles. The maximum atomic E-state index is 12.4. The van der Waals surface area contributed by atoms with Gasteiger partial charge in [0.25, 0.3) is 0 Å². The fraction of sp³-hybridized carbons (Fsp3) is 0.308. The second-order valence-corrected chi connectivity index (χ2v) is 9.93. The van der Waals surface area contributed by atoms with Crippen LogP contribution in [-0.2, 0) is 16.0 Å². The van der Waals surface area contributed by atoms with Gasteiger partial charge in [-0.15, -0.1) is 10.2 Å². The summed E-state index contributed by atoms with van der Waals surface area (Å²) in [7, 11) is 7.73. The molecule has 2 N–H and O–H groups in total. The highest BCUT2D eigenvalue weighted by Crippen LogP contribution is 2.38. The maximum Gasteiger partial charge on any atom is 0.250 e. The second-order valence-electron chi connectivity index (χ2n) is 7.73. The quantitative estimate of drug-likeness (QED) is 0.167. The summed E-state index contributed by atoms with van der Waals surface area (Å²) >= 11 is 2.43. The predicted molar refractivity (Wildman–Crippen MR) is 151 cm³/mol. The summed E-state index contributed by atoms with van der Waals surface area (Å²) in [5.41, 5.74) is 1.70. The molecule has 2 aromatic carbocycles. The summed E-state index contributed by atoms with van der Waals surface area (Å²) in [6.45, 7) is 0.477. The average Bonchev–Trinajstić information content (AvgIpc) is 3.41. The van der Waals surface area contributed by atoms with Gasteiger partial charge in [-0.1, -0.05) is 29.2 Å². The number of aromatic nitrogens is 2. The molecule has 0 saturated heterocycles. The fourth-order valence-electron chi connectivity index (χ4n) is 3.40. The van der Waals surface area contributed by atoms with Crippen LogP contribution in [0.15, 0.2) is 40.7 Å². The van der Waals surface area contributed by atoms with Crippen LogP contribution in [0.2, 0.25) is 0 Å². The minimum absolute atomic E-state index is 0.130. The van der Waals surface area contributed by atoms with Gasteiger partial charge in [-0.25, -0.2) is 0 Å². The van der Waals surface area contributed by atoms with Gasteiger partial charge in [0.1, 0.15) is 0 Å². The van der Waals surface area contributed by atoms with E-state index in [0.717, 1.165) is 5.56 Å². The highest BCUT2D eigenvalue weighted by molar-refractivity contribution is 8.01. The third-order valence-electron chi connectivity index (χ3n) is 5.26. The first-order valence-corrected chi connectivity index (χ1v) is 13.4. The SMILES string of the molecule is COc1ccc(CCNC(=O)CSc2nnc(NC(=O)/C=C/c3cc(OC)c(OC)c(OC)c3)s2)cc1OC. The van der Waals surface area contributed by atoms with Gasteiger partial charge in [-0.2, -0.15) is 0 Å². The number of hydrogen-bond acceptors (Lipinski definition) is 11. The van der Waals surface area contributed by atoms with Crippen molar-refractivity contribution in [1.82, 2.24) is 15.5 Å². The summed E-state index contributed by atoms with van der Waals surface area (Å²) < 4.78 is 27.1. The Balaban J connectivity index is 1.45. The van der Waals surface area contributed by atoms with Gasteiger partial charge in [0.15, 0.2) is 27.3 Å². The number of carbonyl (C=O) groups excluding carboxylic acids is 2. The number of ether oxygens (including phenoxy) is 5. The lowest BCUT2D eigenvalue weighted by Gasteiger charge is -2.12. The number of thioether (sulfide) groups is 1. The van der Waals surface area contributed by atoms with Gasteiger partial charge in [0.05, 0.1) is 41.3 Å². The van der Waals surface area contributed by atoms with Crippen LogP contribution in [0, 0.1) is 0 Å². The lowest BCUT2D eigenvalue weighted by Crippen LogP contribution is -2.27. The Labute approximate surface area is 234 Å². The minimum atomic E-state index is -0.385. The second kappa shape index (κ2) is 14.8. The fourth-order valence-corrected chi connectivity index (χ4v) is 4.98. The summed E-state index contributed by atoms with van der Waals surface area (Å²) in [4.78, 5) is 24.6. The molecular formula is C26H30N4O7S2. The molecular weight excluding hydrogens is 544 g/mol. The molecule has 0 aliphatic rings. The van der Waals surface area contributed by atoms with E-state index < -0.39 is 0 Å². The smallest absolute Gasteiger partial charge is 0.250 e. The number of nitrogens with one attached hydrogen (secondary N) is 2. The van der Waals surface area contributed by atoms with Gasteiger partial charge in [0.2, 0.25) is 22.7 Å². The first-order chi connectivity index (χ1) is 18.9. The molecule has 39 heavy (non-hydrogen) atoms. The molecule has 1 heterocycles. The summed E-state index contributed by atoms with van der Waals surface area (Å²) in [6, 6.07) is 9.10. The summed E-state index contributed by atoms with van der Waals surface area (Å²) in [6.07, 6.45) is 3.62. The molecule has 0 saturated carbocycles. The van der Waals surface area contributed by atoms with Crippen molar-refractivity contribution in [3.8, 4) is 28.7 Å². The van der Waals surface area contributed by atoms with Gasteiger partial charge in [0, 0.05) is 12.6 Å². The van der Waals surface area contributed by atoms with Crippen LogP contribution >= 0.6 is 23.1 Å². The molecule has 11 nitrogen and oxygen atoms in total. The molecule has 0 unspecified atom stereocenters. The number of rotatable bonds is 14. The lowest BCUT2D eigenvalue weighted by molar-refractivity contribution is -0.118. The van der Waals surface area contributed by atoms with E-state index in [-0.39, 0.29) is 17.6 Å². The molecule has 0 bridgehead atoms. The zero-order chi connectivity index (χ0) is 28.2. The molecule has 1 aromatic heterocycles. The number of nitrogens with zero attached hydrogens (tertiary/aromatic N) is 2. The number of hydrogen-bond donors (Lipinski definition) is 2. The summed E-state index contributed by atoms with van der Waals surface area (Å²) in [5.74, 6) is 2.39. The van der Waals surface area contributed by atoms with E-state index in [2.05, 4.69) is 20.8 Å². The third kappa shape index (κ3) is 8.52. The van der Waals surface area contributed by atoms with Crippen LogP contribution in [0.4, 0.5) is 5.13 Å². The van der Waals surface area contributed by atoms with E-state index in [0.29, 0.717) is 56.7 Å². The number of amides is 2. The topological polar surface area (TPSA) is 130 Å². The zero-order valence-corrected chi connectivity index (χ0v) is 23.9. The number of anilines is 1. The Bertz CT molecular complexity index is 1290. The third-order valence-corrected chi connectivity index (χ3v) is 7.23. The molecule has 0 fully saturated rings. The Morgan fingerprint density at radius 2 is 1.59 bits per heavy atom. The molecule has 0 spiro atoms. The Hall–Kier alpha value is -3.97. The highest BCUT2D eigenvalue weighted by Gasteiger charge is 2.13. The van der Waals surface area contributed by atoms with Crippen LogP contribution in [0.5, 0.6) is 28.7 Å². The molecule has 3 rings (SSSR count). The number of methoxy groups -OCH3 is 5. The molecule has 0 radical (unpaired) electrons. The molecule has 0 aliphatic heterocycles. The van der Waals surface area contributed by atoms with Crippen LogP contribution < -0.4 is 34.3 Å². The molecule has 3 aromatic rings. The van der Waals surface area contributed by atoms with Gasteiger partial charge >= 0.3 is 0 Å². The Kier molecular flexibility index (Phi) is 11.3. The van der Waals surface area contributed by atoms with Crippen molar-refractivity contribution in [3.05, 3.63) is 47.5 Å². The zero-order valence-electron chi connectivity index (χ0n) is 22.2. The van der Waals surface area contributed by atoms with Crippen molar-refractivity contribution in [3.63, 3.8) is 0 Å². The van der Waals surface area contributed by atoms with E-state index >= 15 is 0 Å². The maximum absolute atomic E-state index is 12.4.